The molecule has 3 aromatic carbocycles. The third kappa shape index (κ3) is 31.4. The highest BCUT2D eigenvalue weighted by molar-refractivity contribution is 6.62. The zero-order valence-corrected chi connectivity index (χ0v) is 87.3. The zero-order valence-electron chi connectivity index (χ0n) is 85.1. The fourth-order valence-electron chi connectivity index (χ4n) is 19.5. The number of morpholine rings is 4. The van der Waals surface area contributed by atoms with E-state index in [0.717, 1.165) is 120 Å². The van der Waals surface area contributed by atoms with Crippen LogP contribution in [0.25, 0.3) is 22.3 Å². The van der Waals surface area contributed by atoms with Crippen molar-refractivity contribution in [3.8, 4) is 22.3 Å². The third-order valence-electron chi connectivity index (χ3n) is 28.2. The SMILES string of the molecule is C[C@@H]1CNC(=O)C1.C[C@H]1CC(=O)N(c2cc(Cl)cc(N3CCOCC3)n2)C1.Cc1ccc(NC(=O)N2CC[C@@H](CC(F)(F)F)C2)cc1-c1cc(N2CCOCC2)nc(N2C[C@@H](C)CC2=O)c1.Cc1ccc(NC(=O)N2CC[C@@H](CC(F)(F)F)C2)cc1-c1cc(N2CCOCC2)nc(N2C[C@@H](N)CC2=O)c1.Cc1ccc(NC(=O)N2CC[C@@H](CC(F)(F)F)C2)cc1B1OC(C)(C)C(C)(C)O1.Clc1cc(Cl)nc(N2CCOCC2)c1. The maximum atomic E-state index is 12.9. The summed E-state index contributed by atoms with van der Waals surface area (Å²) >= 11 is 17.9. The van der Waals surface area contributed by atoms with Crippen LogP contribution in [-0.4, -0.2) is 290 Å². The number of aryl methyl sites for hydroxylation is 3. The van der Waals surface area contributed by atoms with Gasteiger partial charge in [0.15, 0.2) is 0 Å². The van der Waals surface area contributed by atoms with E-state index in [4.69, 9.17) is 78.8 Å². The summed E-state index contributed by atoms with van der Waals surface area (Å²) in [7, 11) is -0.556. The van der Waals surface area contributed by atoms with Gasteiger partial charge in [0.1, 0.15) is 45.9 Å². The molecule has 7 aromatic rings. The van der Waals surface area contributed by atoms with Crippen LogP contribution in [0.3, 0.4) is 0 Å². The lowest BCUT2D eigenvalue weighted by molar-refractivity contribution is -0.144. The summed E-state index contributed by atoms with van der Waals surface area (Å²) in [5.41, 5.74) is 13.9. The van der Waals surface area contributed by atoms with Gasteiger partial charge in [0, 0.05) is 196 Å². The number of hydrogen-bond acceptors (Lipinski definition) is 22. The highest BCUT2D eigenvalue weighted by Crippen LogP contribution is 2.43. The minimum absolute atomic E-state index is 0.0484. The number of nitrogens with one attached hydrogen (secondary N) is 4. The third-order valence-corrected chi connectivity index (χ3v) is 28.8. The number of pyridine rings is 4. The maximum absolute atomic E-state index is 12.9. The van der Waals surface area contributed by atoms with E-state index in [9.17, 15) is 73.1 Å². The van der Waals surface area contributed by atoms with Crippen LogP contribution in [-0.2, 0) is 47.4 Å². The van der Waals surface area contributed by atoms with Crippen molar-refractivity contribution in [2.75, 3.05) is 221 Å². The Balaban J connectivity index is 0.000000148. The second kappa shape index (κ2) is 49.5. The number of amides is 10. The second-order valence-corrected chi connectivity index (χ2v) is 42.2. The summed E-state index contributed by atoms with van der Waals surface area (Å²) < 4.78 is 148. The van der Waals surface area contributed by atoms with Crippen LogP contribution in [0, 0.1) is 56.3 Å². The Morgan fingerprint density at radius 2 is 0.736 bits per heavy atom. The standard InChI is InChI=1S/C28H34F3N5O3.C27H33F3N6O3.C20H28BF3N2O3.C14H18ClN3O2.C9H10Cl2N2O.C5H9NO/c1-18-11-26(37)36(16-18)25-13-21(12-24(33-25)34-7-9-39-10-8-34)23-14-22(4-3-19(23)2)32-27(38)35-6-5-20(17-35)15-28(29,30)31;1-17-2-3-21(32-26(38)35-5-4-18(15-35)14-27(28,29)30)13-22(17)19-10-23(34-6-8-39-9-7-34)33-24(11-19)36-16-20(31)12-25(36)37;1-13-6-7-15(10-16(13)21-28-18(2,3)19(4,5)29-21)25-17(27)26-9-8-14(12-26)11-20(22,23)24;1-10-6-14(19)18(9-10)13-8-11(15)7-12(16-13)17-2-4-20-5-3-17;10-7-5-8(11)12-9(6-7)13-1-3-14-4-2-13;1-4-2-5(7)6-3-4/h3-4,12-14,18,20H,5-11,15-17H2,1-2H3,(H,32,38);2-3,10-11,13,18,20H,4-9,12,14-16,31H2,1H3,(H,32,38);6-7,10,14H,8-9,11-12H2,1-5H3,(H,25,27);7-8,10H,2-6,9H2,1H3;5-6H,1-4H2;4H,2-3H2,1H3,(H,6,7)/t2*18-,20-;14-;10-;;4-/m0000.0/s1. The lowest BCUT2D eigenvalue weighted by Crippen LogP contribution is -2.41. The number of carbonyl (C=O) groups excluding carboxylic acids is 7. The Kier molecular flexibility index (Phi) is 37.7. The van der Waals surface area contributed by atoms with Crippen LogP contribution >= 0.6 is 34.8 Å². The smallest absolute Gasteiger partial charge is 0.399 e. The highest BCUT2D eigenvalue weighted by atomic mass is 35.5. The quantitative estimate of drug-likeness (QED) is 0.0341. The minimum atomic E-state index is -4.24. The van der Waals surface area contributed by atoms with Gasteiger partial charge in [-0.2, -0.15) is 39.5 Å². The number of ether oxygens (including phenoxy) is 4. The van der Waals surface area contributed by atoms with Crippen molar-refractivity contribution in [2.45, 2.75) is 169 Å². The van der Waals surface area contributed by atoms with Gasteiger partial charge < -0.3 is 89.6 Å². The normalized spacial score (nSPS) is 22.5. The molecule has 0 aliphatic carbocycles. The molecule has 32 nitrogen and oxygen atoms in total. The zero-order chi connectivity index (χ0) is 106. The highest BCUT2D eigenvalue weighted by Gasteiger charge is 2.53. The van der Waals surface area contributed by atoms with E-state index in [1.807, 2.05) is 122 Å². The molecule has 12 aliphatic rings. The molecule has 12 saturated heterocycles. The number of nitrogens with two attached hydrogens (primary N) is 1. The molecule has 0 saturated carbocycles. The number of alkyl halides is 9. The predicted octanol–water partition coefficient (Wildman–Crippen LogP) is 17.2. The number of rotatable bonds is 16. The average Bonchev–Trinajstić information content (AvgIpc) is 1.62. The number of urea groups is 3. The lowest BCUT2D eigenvalue weighted by Gasteiger charge is -2.32. The molecule has 148 heavy (non-hydrogen) atoms. The van der Waals surface area contributed by atoms with Gasteiger partial charge in [-0.15, -0.1) is 0 Å². The summed E-state index contributed by atoms with van der Waals surface area (Å²) in [6, 6.07) is 29.8. The molecule has 6 N–H and O–H groups in total. The van der Waals surface area contributed by atoms with E-state index < -0.39 is 92.0 Å². The van der Waals surface area contributed by atoms with Gasteiger partial charge in [-0.05, 0) is 227 Å². The molecule has 45 heteroatoms. The molecule has 16 heterocycles. The molecule has 804 valence electrons. The van der Waals surface area contributed by atoms with Crippen molar-refractivity contribution in [2.24, 2.45) is 41.2 Å². The van der Waals surface area contributed by atoms with E-state index in [2.05, 4.69) is 64.7 Å². The molecule has 0 bridgehead atoms. The molecule has 0 unspecified atom stereocenters. The Morgan fingerprint density at radius 3 is 1.06 bits per heavy atom. The van der Waals surface area contributed by atoms with Gasteiger partial charge in [0.05, 0.1) is 64.1 Å². The Hall–Kier alpha value is -10.8. The van der Waals surface area contributed by atoms with E-state index in [1.165, 1.54) is 14.7 Å². The van der Waals surface area contributed by atoms with Gasteiger partial charge in [0.25, 0.3) is 0 Å². The number of halogens is 12. The van der Waals surface area contributed by atoms with E-state index >= 15 is 0 Å². The Morgan fingerprint density at radius 1 is 0.412 bits per heavy atom. The number of aromatic nitrogens is 4. The van der Waals surface area contributed by atoms with Crippen LogP contribution in [0.5, 0.6) is 0 Å². The van der Waals surface area contributed by atoms with E-state index in [0.29, 0.717) is 192 Å². The van der Waals surface area contributed by atoms with Crippen molar-refractivity contribution in [3.05, 3.63) is 135 Å². The first-order chi connectivity index (χ1) is 70.1. The molecule has 7 atom stereocenters. The molecule has 10 amide bonds. The Labute approximate surface area is 872 Å². The van der Waals surface area contributed by atoms with E-state index in [-0.39, 0.29) is 68.2 Å². The molecule has 19 rings (SSSR count). The van der Waals surface area contributed by atoms with E-state index in [1.54, 1.807) is 51.1 Å². The van der Waals surface area contributed by atoms with Gasteiger partial charge in [-0.1, -0.05) is 79.3 Å². The van der Waals surface area contributed by atoms with Crippen LogP contribution in [0.2, 0.25) is 15.2 Å². The first-order valence-electron chi connectivity index (χ1n) is 50.4. The van der Waals surface area contributed by atoms with Crippen LogP contribution in [0.1, 0.15) is 129 Å². The monoisotopic (exact) mass is 2130 g/mol. The minimum Gasteiger partial charge on any atom is -0.399 e. The fourth-order valence-corrected chi connectivity index (χ4v) is 20.2. The molecule has 0 radical (unpaired) electrons. The molecule has 12 aliphatic heterocycles. The van der Waals surface area contributed by atoms with Gasteiger partial charge >= 0.3 is 43.7 Å². The molecular weight excluding hydrogens is 2000 g/mol. The van der Waals surface area contributed by atoms with Gasteiger partial charge in [-0.25, -0.2) is 34.3 Å². The maximum Gasteiger partial charge on any atom is 0.495 e. The van der Waals surface area contributed by atoms with Crippen molar-refractivity contribution in [1.82, 2.24) is 40.0 Å². The van der Waals surface area contributed by atoms with Crippen molar-refractivity contribution < 1.29 is 101 Å². The molecule has 4 aromatic heterocycles. The summed E-state index contributed by atoms with van der Waals surface area (Å²) in [6.45, 7) is 34.9. The largest absolute Gasteiger partial charge is 0.495 e. The van der Waals surface area contributed by atoms with Crippen LogP contribution in [0.4, 0.5) is 112 Å². The predicted molar refractivity (Wildman–Crippen MR) is 553 cm³/mol. The number of nitrogens with zero attached hydrogens (tertiary/aromatic N) is 14. The first kappa shape index (κ1) is 113. The number of anilines is 10. The first-order valence-corrected chi connectivity index (χ1v) is 51.5. The summed E-state index contributed by atoms with van der Waals surface area (Å²) in [6.07, 6.45) is -12.2. The van der Waals surface area contributed by atoms with Crippen molar-refractivity contribution >= 4 is 147 Å². The number of carbonyl (C=O) groups is 7. The summed E-state index contributed by atoms with van der Waals surface area (Å²) in [5, 5.41) is 12.9. The topological polar surface area (TPSA) is 333 Å². The average molecular weight is 2130 g/mol. The van der Waals surface area contributed by atoms with Crippen LogP contribution in [0.15, 0.2) is 103 Å². The lowest BCUT2D eigenvalue weighted by atomic mass is 9.76. The second-order valence-electron chi connectivity index (χ2n) is 41.0. The summed E-state index contributed by atoms with van der Waals surface area (Å²) in [5.74, 6) is 4.69. The molecule has 12 fully saturated rings. The molecule has 0 spiro atoms. The number of likely N-dealkylation sites (tertiary alicyclic amines) is 3. The van der Waals surface area contributed by atoms with Crippen molar-refractivity contribution in [1.29, 1.82) is 0 Å². The number of benzene rings is 3. The Bertz CT molecular complexity index is 5600. The van der Waals surface area contributed by atoms with Gasteiger partial charge in [-0.3, -0.25) is 33.9 Å². The fraction of sp³-hybridized carbons (Fsp3) is 0.563. The van der Waals surface area contributed by atoms with Crippen LogP contribution < -0.4 is 66.8 Å². The number of hydrogen-bond donors (Lipinski definition) is 5. The molecular formula is C103H132BCl3F9N19O13. The summed E-state index contributed by atoms with van der Waals surface area (Å²) in [4.78, 5) is 122. The van der Waals surface area contributed by atoms with Crippen molar-refractivity contribution in [3.63, 3.8) is 0 Å². The van der Waals surface area contributed by atoms with Gasteiger partial charge in [0.2, 0.25) is 23.6 Å².